The van der Waals surface area contributed by atoms with Crippen molar-refractivity contribution in [1.29, 1.82) is 0 Å². The van der Waals surface area contributed by atoms with E-state index in [2.05, 4.69) is 16.1 Å². The minimum Gasteiger partial charge on any atom is -0.465 e. The topological polar surface area (TPSA) is 101 Å². The lowest BCUT2D eigenvalue weighted by Gasteiger charge is -2.26. The Bertz CT molecular complexity index is 635. The molecule has 0 saturated carbocycles. The molecule has 1 atom stereocenters. The Kier molecular flexibility index (Phi) is 4.42. The molecule has 4 N–H and O–H groups in total. The number of hydrogen-bond donors (Lipinski definition) is 3. The van der Waals surface area contributed by atoms with Gasteiger partial charge in [-0.1, -0.05) is 23.0 Å². The van der Waals surface area contributed by atoms with Gasteiger partial charge in [-0.05, 0) is 44.9 Å². The Balaban J connectivity index is 1.85. The zero-order valence-corrected chi connectivity index (χ0v) is 13.2. The van der Waals surface area contributed by atoms with Crippen LogP contribution in [0.2, 0.25) is 0 Å². The van der Waals surface area contributed by atoms with Crippen LogP contribution >= 0.6 is 11.3 Å². The number of guanidine groups is 1. The molecule has 0 spiro atoms. The molecule has 22 heavy (non-hydrogen) atoms. The molecule has 1 aromatic rings. The van der Waals surface area contributed by atoms with Gasteiger partial charge in [-0.15, -0.1) is 0 Å². The van der Waals surface area contributed by atoms with Gasteiger partial charge in [0.15, 0.2) is 0 Å². The predicted octanol–water partition coefficient (Wildman–Crippen LogP) is 3.28. The lowest BCUT2D eigenvalue weighted by atomic mass is 9.80. The number of hydrogen-bond acceptors (Lipinski definition) is 4. The van der Waals surface area contributed by atoms with Crippen molar-refractivity contribution >= 4 is 28.5 Å². The van der Waals surface area contributed by atoms with E-state index < -0.39 is 6.09 Å². The molecule has 1 heterocycles. The van der Waals surface area contributed by atoms with E-state index in [9.17, 15) is 4.79 Å². The number of nitrogens with one attached hydrogen (secondary N) is 1. The summed E-state index contributed by atoms with van der Waals surface area (Å²) in [6, 6.07) is 0. The van der Waals surface area contributed by atoms with Crippen molar-refractivity contribution in [1.82, 2.24) is 10.3 Å². The van der Waals surface area contributed by atoms with Crippen LogP contribution in [0.4, 0.5) is 9.93 Å². The molecule has 2 aliphatic carbocycles. The number of carbonyl (C=O) groups is 1. The molecular weight excluding hydrogens is 300 g/mol. The van der Waals surface area contributed by atoms with Crippen molar-refractivity contribution in [3.05, 3.63) is 22.2 Å². The third-order valence-electron chi connectivity index (χ3n) is 4.17. The Hall–Kier alpha value is -1.89. The van der Waals surface area contributed by atoms with Gasteiger partial charge in [0.2, 0.25) is 11.1 Å². The number of amides is 1. The van der Waals surface area contributed by atoms with Crippen LogP contribution in [0, 0.1) is 0 Å². The highest BCUT2D eigenvalue weighted by atomic mass is 32.1. The third kappa shape index (κ3) is 3.30. The minimum atomic E-state index is -1.21. The van der Waals surface area contributed by atoms with Crippen LogP contribution < -0.4 is 11.1 Å². The van der Waals surface area contributed by atoms with Crippen molar-refractivity contribution in [3.63, 3.8) is 0 Å². The predicted molar refractivity (Wildman–Crippen MR) is 86.8 cm³/mol. The molecule has 7 heteroatoms. The second-order valence-corrected chi connectivity index (χ2v) is 6.76. The lowest BCUT2D eigenvalue weighted by molar-refractivity contribution is 0.200. The van der Waals surface area contributed by atoms with Gasteiger partial charge in [0, 0.05) is 10.8 Å². The number of fused-ring (bicyclic) bond motifs is 1. The van der Waals surface area contributed by atoms with Gasteiger partial charge >= 0.3 is 6.09 Å². The first-order valence-corrected chi connectivity index (χ1v) is 8.48. The molecule has 0 saturated heterocycles. The molecule has 1 aromatic heterocycles. The maximum absolute atomic E-state index is 10.6. The first-order valence-electron chi connectivity index (χ1n) is 7.66. The zero-order chi connectivity index (χ0) is 15.5. The smallest absolute Gasteiger partial charge is 0.411 e. The van der Waals surface area contributed by atoms with Crippen LogP contribution in [-0.4, -0.2) is 22.1 Å². The summed E-state index contributed by atoms with van der Waals surface area (Å²) < 4.78 is 0. The SMILES string of the molecule is NC(=Nc1nc2c(s1)CCCC2C1=CCCCC1)NC(=O)O. The van der Waals surface area contributed by atoms with Gasteiger partial charge in [0.05, 0.1) is 5.69 Å². The molecule has 0 aliphatic heterocycles. The number of aryl methyl sites for hydroxylation is 1. The second-order valence-electron chi connectivity index (χ2n) is 5.70. The monoisotopic (exact) mass is 320 g/mol. The highest BCUT2D eigenvalue weighted by Crippen LogP contribution is 2.43. The number of rotatable bonds is 2. The number of nitrogens with zero attached hydrogens (tertiary/aromatic N) is 2. The van der Waals surface area contributed by atoms with E-state index in [4.69, 9.17) is 10.8 Å². The summed E-state index contributed by atoms with van der Waals surface area (Å²) in [6.07, 6.45) is 9.40. The fraction of sp³-hybridized carbons (Fsp3) is 0.533. The summed E-state index contributed by atoms with van der Waals surface area (Å²) in [5.41, 5.74) is 8.20. The summed E-state index contributed by atoms with van der Waals surface area (Å²) in [6.45, 7) is 0. The van der Waals surface area contributed by atoms with E-state index >= 15 is 0 Å². The molecule has 118 valence electrons. The number of allylic oxidation sites excluding steroid dienone is 2. The maximum Gasteiger partial charge on any atom is 0.411 e. The zero-order valence-electron chi connectivity index (χ0n) is 12.3. The third-order valence-corrected chi connectivity index (χ3v) is 5.19. The number of aliphatic imine (C=N–C) groups is 1. The molecule has 0 radical (unpaired) electrons. The lowest BCUT2D eigenvalue weighted by Crippen LogP contribution is -2.35. The van der Waals surface area contributed by atoms with E-state index in [1.165, 1.54) is 53.9 Å². The van der Waals surface area contributed by atoms with Gasteiger partial charge in [-0.3, -0.25) is 5.32 Å². The van der Waals surface area contributed by atoms with Crippen molar-refractivity contribution in [2.45, 2.75) is 50.9 Å². The van der Waals surface area contributed by atoms with Gasteiger partial charge < -0.3 is 10.8 Å². The largest absolute Gasteiger partial charge is 0.465 e. The average Bonchev–Trinajstić information content (AvgIpc) is 2.89. The van der Waals surface area contributed by atoms with Gasteiger partial charge in [-0.25, -0.2) is 9.78 Å². The van der Waals surface area contributed by atoms with Crippen LogP contribution in [0.25, 0.3) is 0 Å². The molecule has 0 bridgehead atoms. The van der Waals surface area contributed by atoms with Crippen molar-refractivity contribution < 1.29 is 9.90 Å². The first-order chi connectivity index (χ1) is 10.6. The van der Waals surface area contributed by atoms with Crippen molar-refractivity contribution in [3.8, 4) is 0 Å². The van der Waals surface area contributed by atoms with E-state index in [1.54, 1.807) is 0 Å². The number of carboxylic acid groups (broad SMARTS) is 1. The molecule has 3 rings (SSSR count). The summed E-state index contributed by atoms with van der Waals surface area (Å²) in [5.74, 6) is 0.282. The molecule has 6 nitrogen and oxygen atoms in total. The van der Waals surface area contributed by atoms with Crippen LogP contribution in [0.3, 0.4) is 0 Å². The molecule has 0 aromatic carbocycles. The molecule has 1 amide bonds. The summed E-state index contributed by atoms with van der Waals surface area (Å²) >= 11 is 1.52. The highest BCUT2D eigenvalue weighted by molar-refractivity contribution is 7.15. The average molecular weight is 320 g/mol. The molecule has 0 fully saturated rings. The van der Waals surface area contributed by atoms with Gasteiger partial charge in [0.1, 0.15) is 0 Å². The van der Waals surface area contributed by atoms with Crippen molar-refractivity contribution in [2.24, 2.45) is 10.7 Å². The standard InChI is InChI=1S/C15H20N4O2S/c16-13(19-15(20)21)18-14-17-12-10(7-4-8-11(12)22-14)9-5-2-1-3-6-9/h5,10H,1-4,6-8H2,(H,20,21)(H3,16,17,18,19). The van der Waals surface area contributed by atoms with E-state index in [-0.39, 0.29) is 5.96 Å². The maximum atomic E-state index is 10.6. The van der Waals surface area contributed by atoms with E-state index in [0.717, 1.165) is 18.5 Å². The fourth-order valence-electron chi connectivity index (χ4n) is 3.23. The Morgan fingerprint density at radius 3 is 3.00 bits per heavy atom. The second kappa shape index (κ2) is 6.48. The summed E-state index contributed by atoms with van der Waals surface area (Å²) in [4.78, 5) is 20.5. The Morgan fingerprint density at radius 1 is 1.41 bits per heavy atom. The molecular formula is C15H20N4O2S. The van der Waals surface area contributed by atoms with Crippen LogP contribution in [0.1, 0.15) is 55.0 Å². The first kappa shape index (κ1) is 15.0. The number of nitrogens with two attached hydrogens (primary N) is 1. The molecule has 1 unspecified atom stereocenters. The Labute approximate surface area is 133 Å². The number of thiazole rings is 1. The van der Waals surface area contributed by atoms with Crippen molar-refractivity contribution in [2.75, 3.05) is 0 Å². The van der Waals surface area contributed by atoms with Gasteiger partial charge in [-0.2, -0.15) is 4.99 Å². The molecule has 2 aliphatic rings. The van der Waals surface area contributed by atoms with Crippen LogP contribution in [-0.2, 0) is 6.42 Å². The fourth-order valence-corrected chi connectivity index (χ4v) is 4.28. The van der Waals surface area contributed by atoms with Crippen LogP contribution in [0.15, 0.2) is 16.6 Å². The van der Waals surface area contributed by atoms with Gasteiger partial charge in [0.25, 0.3) is 0 Å². The van der Waals surface area contributed by atoms with E-state index in [1.807, 2.05) is 5.32 Å². The highest BCUT2D eigenvalue weighted by Gasteiger charge is 2.28. The summed E-state index contributed by atoms with van der Waals surface area (Å²) in [5, 5.41) is 11.2. The van der Waals surface area contributed by atoms with E-state index in [0.29, 0.717) is 11.0 Å². The minimum absolute atomic E-state index is 0.132. The quantitative estimate of drug-likeness (QED) is 0.442. The summed E-state index contributed by atoms with van der Waals surface area (Å²) in [7, 11) is 0. The number of aromatic nitrogens is 1. The Morgan fingerprint density at radius 2 is 2.27 bits per heavy atom. The normalized spacial score (nSPS) is 21.9. The van der Waals surface area contributed by atoms with Crippen LogP contribution in [0.5, 0.6) is 0 Å².